The number of ketones is 2. The molecule has 0 spiro atoms. The highest BCUT2D eigenvalue weighted by Crippen LogP contribution is 2.65. The highest BCUT2D eigenvalue weighted by atomic mass is 32.2. The molecule has 5 aliphatic carbocycles. The van der Waals surface area contributed by atoms with Crippen molar-refractivity contribution >= 4 is 29.3 Å². The van der Waals surface area contributed by atoms with Crippen molar-refractivity contribution in [1.82, 2.24) is 0 Å². The summed E-state index contributed by atoms with van der Waals surface area (Å²) in [6, 6.07) is 0. The van der Waals surface area contributed by atoms with Crippen molar-refractivity contribution in [2.75, 3.05) is 18.6 Å². The number of rotatable bonds is 9. The van der Waals surface area contributed by atoms with E-state index in [2.05, 4.69) is 13.8 Å². The van der Waals surface area contributed by atoms with Gasteiger partial charge in [-0.05, 0) is 80.6 Å². The summed E-state index contributed by atoms with van der Waals surface area (Å²) in [6.45, 7) is 4.01. The van der Waals surface area contributed by atoms with Crippen LogP contribution in [0, 0.1) is 40.4 Å². The van der Waals surface area contributed by atoms with Crippen molar-refractivity contribution in [3.05, 3.63) is 23.8 Å². The molecule has 41 heavy (non-hydrogen) atoms. The van der Waals surface area contributed by atoms with Gasteiger partial charge in [0, 0.05) is 28.9 Å². The molecule has 5 rings (SSSR count). The summed E-state index contributed by atoms with van der Waals surface area (Å²) in [5, 5.41) is 22.9. The van der Waals surface area contributed by atoms with Crippen molar-refractivity contribution < 1.29 is 34.1 Å². The summed E-state index contributed by atoms with van der Waals surface area (Å²) in [5.74, 6) is 0.0199. The van der Waals surface area contributed by atoms with E-state index in [0.717, 1.165) is 50.5 Å². The molecule has 7 nitrogen and oxygen atoms in total. The number of thioether (sulfide) groups is 1. The van der Waals surface area contributed by atoms with Crippen LogP contribution in [0.3, 0.4) is 0 Å². The molecule has 0 heterocycles. The molecule has 0 aromatic heterocycles. The first kappa shape index (κ1) is 31.0. The van der Waals surface area contributed by atoms with Gasteiger partial charge in [-0.3, -0.25) is 14.4 Å². The molecule has 4 fully saturated rings. The summed E-state index contributed by atoms with van der Waals surface area (Å²) in [4.78, 5) is 38.3. The van der Waals surface area contributed by atoms with Crippen LogP contribution < -0.4 is 0 Å². The number of ether oxygens (including phenoxy) is 2. The maximum absolute atomic E-state index is 13.8. The molecular weight excluding hydrogens is 540 g/mol. The molecule has 0 radical (unpaired) electrons. The molecule has 0 amide bonds. The first-order chi connectivity index (χ1) is 19.6. The van der Waals surface area contributed by atoms with Gasteiger partial charge in [-0.15, -0.1) is 0 Å². The average molecular weight is 589 g/mol. The predicted octanol–water partition coefficient (Wildman–Crippen LogP) is 5.03. The van der Waals surface area contributed by atoms with E-state index < -0.39 is 29.1 Å². The van der Waals surface area contributed by atoms with Crippen LogP contribution in [0.2, 0.25) is 0 Å². The van der Waals surface area contributed by atoms with Gasteiger partial charge in [0.25, 0.3) is 0 Å². The molecule has 0 saturated heterocycles. The summed E-state index contributed by atoms with van der Waals surface area (Å²) in [6.07, 6.45) is 14.4. The number of Topliss-reactive ketones (excluding diaryl/α,β-unsaturated/α-hetero) is 1. The second-order valence-electron chi connectivity index (χ2n) is 13.7. The largest absolute Gasteiger partial charge is 0.458 e. The quantitative estimate of drug-likeness (QED) is 0.285. The lowest BCUT2D eigenvalue weighted by atomic mass is 9.42. The topological polar surface area (TPSA) is 110 Å². The van der Waals surface area contributed by atoms with Gasteiger partial charge in [0.15, 0.2) is 17.9 Å². The molecule has 2 N–H and O–H groups in total. The zero-order valence-corrected chi connectivity index (χ0v) is 25.7. The number of carbonyl (C=O) groups excluding carboxylic acids is 3. The Labute approximate surface area is 248 Å². The van der Waals surface area contributed by atoms with Crippen LogP contribution in [0.5, 0.6) is 0 Å². The molecule has 0 aromatic carbocycles. The minimum Gasteiger partial charge on any atom is -0.458 e. The molecule has 0 bridgehead atoms. The maximum atomic E-state index is 13.8. The van der Waals surface area contributed by atoms with Crippen molar-refractivity contribution in [2.24, 2.45) is 40.4 Å². The van der Waals surface area contributed by atoms with Crippen LogP contribution in [0.4, 0.5) is 0 Å². The van der Waals surface area contributed by atoms with E-state index in [1.54, 1.807) is 23.9 Å². The van der Waals surface area contributed by atoms with E-state index >= 15 is 0 Å². The molecule has 5 aliphatic rings. The van der Waals surface area contributed by atoms with Gasteiger partial charge in [0.1, 0.15) is 6.61 Å². The lowest BCUT2D eigenvalue weighted by Crippen LogP contribution is -2.61. The van der Waals surface area contributed by atoms with Crippen molar-refractivity contribution in [3.63, 3.8) is 0 Å². The Hall–Kier alpha value is -1.48. The van der Waals surface area contributed by atoms with E-state index in [9.17, 15) is 24.6 Å². The fraction of sp³-hybridized carbons (Fsp3) is 0.788. The molecule has 8 heteroatoms. The number of aliphatic hydroxyl groups excluding tert-OH is 2. The Bertz CT molecular complexity index is 1060. The Morgan fingerprint density at radius 1 is 1.15 bits per heavy atom. The Morgan fingerprint density at radius 3 is 2.63 bits per heavy atom. The first-order valence-corrected chi connectivity index (χ1v) is 17.1. The van der Waals surface area contributed by atoms with Crippen molar-refractivity contribution in [3.8, 4) is 0 Å². The average Bonchev–Trinajstić information content (AvgIpc) is 2.95. The second kappa shape index (κ2) is 12.6. The number of allylic oxidation sites excluding steroid dienone is 4. The molecule has 0 aliphatic heterocycles. The number of hydrogen-bond donors (Lipinski definition) is 2. The predicted molar refractivity (Wildman–Crippen MR) is 158 cm³/mol. The highest BCUT2D eigenvalue weighted by molar-refractivity contribution is 7.98. The number of aliphatic hydroxyl groups is 2. The smallest absolute Gasteiger partial charge is 0.307 e. The van der Waals surface area contributed by atoms with Crippen molar-refractivity contribution in [2.45, 2.75) is 103 Å². The van der Waals surface area contributed by atoms with E-state index in [1.165, 1.54) is 6.42 Å². The summed E-state index contributed by atoms with van der Waals surface area (Å²) >= 11 is 1.56. The Kier molecular flexibility index (Phi) is 9.54. The highest BCUT2D eigenvalue weighted by Gasteiger charge is 2.62. The van der Waals surface area contributed by atoms with Crippen molar-refractivity contribution in [1.29, 1.82) is 0 Å². The first-order valence-electron chi connectivity index (χ1n) is 15.7. The van der Waals surface area contributed by atoms with Gasteiger partial charge in [-0.1, -0.05) is 44.8 Å². The number of fused-ring (bicyclic) bond motifs is 5. The van der Waals surface area contributed by atoms with E-state index in [1.807, 2.05) is 12.3 Å². The summed E-state index contributed by atoms with van der Waals surface area (Å²) in [7, 11) is 0. The third kappa shape index (κ3) is 6.13. The number of esters is 1. The monoisotopic (exact) mass is 588 g/mol. The second-order valence-corrected chi connectivity index (χ2v) is 14.7. The van der Waals surface area contributed by atoms with Gasteiger partial charge in [0.2, 0.25) is 0 Å². The minimum atomic E-state index is -0.847. The van der Waals surface area contributed by atoms with Crippen LogP contribution in [0.1, 0.15) is 84.5 Å². The fourth-order valence-corrected chi connectivity index (χ4v) is 9.68. The number of hydrogen-bond acceptors (Lipinski definition) is 8. The van der Waals surface area contributed by atoms with Gasteiger partial charge in [0.05, 0.1) is 18.6 Å². The Balaban J connectivity index is 1.41. The summed E-state index contributed by atoms with van der Waals surface area (Å²) in [5.41, 5.74) is 0.208. The third-order valence-electron chi connectivity index (χ3n) is 11.4. The minimum absolute atomic E-state index is 0.00614. The van der Waals surface area contributed by atoms with Crippen LogP contribution in [0.15, 0.2) is 23.8 Å². The van der Waals surface area contributed by atoms with Gasteiger partial charge in [-0.25, -0.2) is 0 Å². The molecule has 0 aromatic rings. The van der Waals surface area contributed by atoms with Gasteiger partial charge < -0.3 is 19.7 Å². The molecule has 228 valence electrons. The molecule has 9 atom stereocenters. The van der Waals surface area contributed by atoms with Gasteiger partial charge >= 0.3 is 5.97 Å². The third-order valence-corrected chi connectivity index (χ3v) is 12.0. The van der Waals surface area contributed by atoms with Crippen LogP contribution in [-0.2, 0) is 23.9 Å². The van der Waals surface area contributed by atoms with Gasteiger partial charge in [-0.2, -0.15) is 11.8 Å². The fourth-order valence-electron chi connectivity index (χ4n) is 9.31. The standard InChI is InChI=1S/C33H48O7S/c1-32-13-11-22(34)15-21(32)9-10-24-25-16-23(40-31(38)20-7-5-4-6-8-20)17-26(33(25,2)18-27(35)30(24)32)28(36)19-39-29(37)12-14-41-3/h11,13,15,20,23-27,30-31,35,38H,4-10,12,14,16-19H2,1-3H3/t23-,24?,25+,26?,27?,30-,31+,32?,33?/m1/s1. The van der Waals surface area contributed by atoms with E-state index in [4.69, 9.17) is 9.47 Å². The lowest BCUT2D eigenvalue weighted by Gasteiger charge is -2.63. The maximum Gasteiger partial charge on any atom is 0.307 e. The zero-order valence-electron chi connectivity index (χ0n) is 24.9. The van der Waals surface area contributed by atoms with Crippen LogP contribution >= 0.6 is 11.8 Å². The Morgan fingerprint density at radius 2 is 1.90 bits per heavy atom. The lowest BCUT2D eigenvalue weighted by molar-refractivity contribution is -0.220. The zero-order chi connectivity index (χ0) is 29.4. The van der Waals surface area contributed by atoms with E-state index in [-0.39, 0.29) is 60.3 Å². The molecule has 4 saturated carbocycles. The van der Waals surface area contributed by atoms with Crippen LogP contribution in [0.25, 0.3) is 0 Å². The number of carbonyl (C=O) groups is 3. The van der Waals surface area contributed by atoms with E-state index in [0.29, 0.717) is 18.6 Å². The van der Waals surface area contributed by atoms with Crippen LogP contribution in [-0.4, -0.2) is 64.9 Å². The summed E-state index contributed by atoms with van der Waals surface area (Å²) < 4.78 is 11.8. The normalized spacial score (nSPS) is 39.6. The molecular formula is C33H48O7S. The molecule has 5 unspecified atom stereocenters. The SMILES string of the molecule is CSCCC(=O)OCC(=O)C1C[C@H](O[C@H](O)C2CCCCC2)C[C@H]2C3CCC4=CC(=O)C=CC4(C)[C@H]3C(O)CC12C.